The lowest BCUT2D eigenvalue weighted by molar-refractivity contribution is -0.121. The normalized spacial score (nSPS) is 15.3. The largest absolute Gasteiger partial charge is 0.368 e. The number of primary amides is 1. The summed E-state index contributed by atoms with van der Waals surface area (Å²) in [5.74, 6) is 0.0549. The van der Waals surface area contributed by atoms with Gasteiger partial charge in [0.1, 0.15) is 11.9 Å². The summed E-state index contributed by atoms with van der Waals surface area (Å²) in [6.45, 7) is 7.69. The topological polar surface area (TPSA) is 79.5 Å². The van der Waals surface area contributed by atoms with E-state index in [0.29, 0.717) is 11.3 Å². The van der Waals surface area contributed by atoms with Crippen LogP contribution in [-0.2, 0) is 4.79 Å². The molecule has 148 valence electrons. The minimum Gasteiger partial charge on any atom is -0.368 e. The Morgan fingerprint density at radius 3 is 2.21 bits per heavy atom. The molecule has 6 heteroatoms. The molecule has 3 rings (SSSR count). The SMILES string of the molecule is CC(C)(C)C(C(N)=O)N(C(=O)c1ccc(N2CCCC2)nc1)c1ccccc1. The van der Waals surface area contributed by atoms with Crippen molar-refractivity contribution in [3.63, 3.8) is 0 Å². The summed E-state index contributed by atoms with van der Waals surface area (Å²) in [5, 5.41) is 0. The highest BCUT2D eigenvalue weighted by Gasteiger charge is 2.39. The van der Waals surface area contributed by atoms with Crippen LogP contribution in [0.1, 0.15) is 44.0 Å². The number of amides is 2. The molecule has 1 unspecified atom stereocenters. The number of nitrogens with two attached hydrogens (primary N) is 1. The lowest BCUT2D eigenvalue weighted by atomic mass is 9.84. The van der Waals surface area contributed by atoms with E-state index in [2.05, 4.69) is 9.88 Å². The third-order valence-electron chi connectivity index (χ3n) is 5.03. The molecule has 1 aliphatic rings. The summed E-state index contributed by atoms with van der Waals surface area (Å²) < 4.78 is 0. The second kappa shape index (κ2) is 8.00. The van der Waals surface area contributed by atoms with Crippen LogP contribution in [0.2, 0.25) is 0 Å². The molecule has 1 aliphatic heterocycles. The number of carbonyl (C=O) groups is 2. The van der Waals surface area contributed by atoms with Gasteiger partial charge >= 0.3 is 0 Å². The first-order valence-electron chi connectivity index (χ1n) is 9.68. The van der Waals surface area contributed by atoms with Crippen molar-refractivity contribution in [2.75, 3.05) is 22.9 Å². The molecule has 0 spiro atoms. The fourth-order valence-corrected chi connectivity index (χ4v) is 3.70. The summed E-state index contributed by atoms with van der Waals surface area (Å²) in [5.41, 5.74) is 6.27. The molecule has 0 aliphatic carbocycles. The van der Waals surface area contributed by atoms with Crippen LogP contribution in [0.25, 0.3) is 0 Å². The number of pyridine rings is 1. The van der Waals surface area contributed by atoms with Crippen molar-refractivity contribution in [2.45, 2.75) is 39.7 Å². The molecule has 1 fully saturated rings. The first-order valence-corrected chi connectivity index (χ1v) is 9.68. The predicted octanol–water partition coefficient (Wildman–Crippen LogP) is 3.23. The summed E-state index contributed by atoms with van der Waals surface area (Å²) in [4.78, 5) is 34.0. The van der Waals surface area contributed by atoms with E-state index in [-0.39, 0.29) is 5.91 Å². The molecular formula is C22H28N4O2. The second-order valence-corrected chi connectivity index (χ2v) is 8.28. The van der Waals surface area contributed by atoms with E-state index in [9.17, 15) is 9.59 Å². The number of para-hydroxylation sites is 1. The van der Waals surface area contributed by atoms with Crippen molar-refractivity contribution in [1.82, 2.24) is 4.98 Å². The molecule has 28 heavy (non-hydrogen) atoms. The lowest BCUT2D eigenvalue weighted by Crippen LogP contribution is -2.55. The minimum atomic E-state index is -0.791. The molecule has 2 N–H and O–H groups in total. The summed E-state index contributed by atoms with van der Waals surface area (Å²) in [7, 11) is 0. The van der Waals surface area contributed by atoms with E-state index in [1.807, 2.05) is 57.2 Å². The van der Waals surface area contributed by atoms with Gasteiger partial charge in [0.05, 0.1) is 5.56 Å². The van der Waals surface area contributed by atoms with Crippen molar-refractivity contribution in [3.05, 3.63) is 54.2 Å². The highest BCUT2D eigenvalue weighted by atomic mass is 16.2. The van der Waals surface area contributed by atoms with Gasteiger partial charge in [0.2, 0.25) is 5.91 Å². The monoisotopic (exact) mass is 380 g/mol. The number of aromatic nitrogens is 1. The number of benzene rings is 1. The fraction of sp³-hybridized carbons (Fsp3) is 0.409. The zero-order chi connectivity index (χ0) is 20.3. The highest BCUT2D eigenvalue weighted by molar-refractivity contribution is 6.09. The van der Waals surface area contributed by atoms with Gasteiger partial charge in [-0.05, 0) is 42.5 Å². The molecule has 2 amide bonds. The van der Waals surface area contributed by atoms with Crippen molar-refractivity contribution in [1.29, 1.82) is 0 Å². The van der Waals surface area contributed by atoms with E-state index in [4.69, 9.17) is 5.73 Å². The van der Waals surface area contributed by atoms with Crippen LogP contribution in [0, 0.1) is 5.41 Å². The standard InChI is InChI=1S/C22H28N4O2/c1-22(2,3)19(20(23)27)26(17-9-5-4-6-10-17)21(28)16-11-12-18(24-15-16)25-13-7-8-14-25/h4-6,9-12,15,19H,7-8,13-14H2,1-3H3,(H2,23,27). The van der Waals surface area contributed by atoms with E-state index < -0.39 is 17.4 Å². The third kappa shape index (κ3) is 4.16. The van der Waals surface area contributed by atoms with Crippen molar-refractivity contribution >= 4 is 23.3 Å². The summed E-state index contributed by atoms with van der Waals surface area (Å²) in [6.07, 6.45) is 3.92. The Labute approximate surface area is 166 Å². The van der Waals surface area contributed by atoms with E-state index >= 15 is 0 Å². The maximum absolute atomic E-state index is 13.4. The number of hydrogen-bond donors (Lipinski definition) is 1. The quantitative estimate of drug-likeness (QED) is 0.864. The molecule has 1 aromatic heterocycles. The Morgan fingerprint density at radius 1 is 1.07 bits per heavy atom. The molecule has 0 bridgehead atoms. The lowest BCUT2D eigenvalue weighted by Gasteiger charge is -2.38. The average molecular weight is 380 g/mol. The molecule has 0 saturated carbocycles. The van der Waals surface area contributed by atoms with Crippen molar-refractivity contribution in [3.8, 4) is 0 Å². The summed E-state index contributed by atoms with van der Waals surface area (Å²) in [6, 6.07) is 12.0. The Hall–Kier alpha value is -2.89. The molecule has 1 atom stereocenters. The smallest absolute Gasteiger partial charge is 0.260 e. The Bertz CT molecular complexity index is 822. The number of rotatable bonds is 5. The van der Waals surface area contributed by atoms with Crippen LogP contribution >= 0.6 is 0 Å². The van der Waals surface area contributed by atoms with Crippen molar-refractivity contribution in [2.24, 2.45) is 11.1 Å². The zero-order valence-electron chi connectivity index (χ0n) is 16.8. The second-order valence-electron chi connectivity index (χ2n) is 8.28. The van der Waals surface area contributed by atoms with Gasteiger partial charge in [-0.15, -0.1) is 0 Å². The molecule has 1 saturated heterocycles. The van der Waals surface area contributed by atoms with Gasteiger partial charge in [-0.25, -0.2) is 4.98 Å². The Morgan fingerprint density at radius 2 is 1.71 bits per heavy atom. The Balaban J connectivity index is 1.97. The van der Waals surface area contributed by atoms with Gasteiger partial charge in [-0.1, -0.05) is 39.0 Å². The van der Waals surface area contributed by atoms with Gasteiger partial charge in [-0.3, -0.25) is 14.5 Å². The molecule has 1 aromatic carbocycles. The molecule has 2 aromatic rings. The molecule has 0 radical (unpaired) electrons. The van der Waals surface area contributed by atoms with Crippen LogP contribution in [0.3, 0.4) is 0 Å². The number of nitrogens with zero attached hydrogens (tertiary/aromatic N) is 3. The van der Waals surface area contributed by atoms with E-state index in [1.54, 1.807) is 12.3 Å². The van der Waals surface area contributed by atoms with Crippen molar-refractivity contribution < 1.29 is 9.59 Å². The van der Waals surface area contributed by atoms with Crippen LogP contribution in [0.4, 0.5) is 11.5 Å². The van der Waals surface area contributed by atoms with Gasteiger partial charge in [-0.2, -0.15) is 0 Å². The van der Waals surface area contributed by atoms with Gasteiger partial charge in [0.25, 0.3) is 5.91 Å². The minimum absolute atomic E-state index is 0.287. The first kappa shape index (κ1) is 19.9. The molecule has 6 nitrogen and oxygen atoms in total. The maximum Gasteiger partial charge on any atom is 0.260 e. The van der Waals surface area contributed by atoms with Gasteiger partial charge in [0.15, 0.2) is 0 Å². The molecular weight excluding hydrogens is 352 g/mol. The highest BCUT2D eigenvalue weighted by Crippen LogP contribution is 2.30. The first-order chi connectivity index (χ1) is 13.3. The van der Waals surface area contributed by atoms with Gasteiger partial charge in [0, 0.05) is 25.0 Å². The average Bonchev–Trinajstić information content (AvgIpc) is 3.20. The number of anilines is 2. The molecule has 2 heterocycles. The number of carbonyl (C=O) groups excluding carboxylic acids is 2. The van der Waals surface area contributed by atoms with E-state index in [1.165, 1.54) is 4.90 Å². The van der Waals surface area contributed by atoms with Crippen LogP contribution in [-0.4, -0.2) is 35.9 Å². The summed E-state index contributed by atoms with van der Waals surface area (Å²) >= 11 is 0. The number of hydrogen-bond acceptors (Lipinski definition) is 4. The van der Waals surface area contributed by atoms with Crippen LogP contribution < -0.4 is 15.5 Å². The fourth-order valence-electron chi connectivity index (χ4n) is 3.70. The van der Waals surface area contributed by atoms with E-state index in [0.717, 1.165) is 31.7 Å². The van der Waals surface area contributed by atoms with Crippen LogP contribution in [0.5, 0.6) is 0 Å². The zero-order valence-corrected chi connectivity index (χ0v) is 16.8. The predicted molar refractivity (Wildman–Crippen MR) is 111 cm³/mol. The Kier molecular flexibility index (Phi) is 5.68. The van der Waals surface area contributed by atoms with Crippen LogP contribution in [0.15, 0.2) is 48.7 Å². The maximum atomic E-state index is 13.4. The van der Waals surface area contributed by atoms with Gasteiger partial charge < -0.3 is 10.6 Å². The third-order valence-corrected chi connectivity index (χ3v) is 5.03.